The first-order valence-electron chi connectivity index (χ1n) is 29.1. The topological polar surface area (TPSA) is 161 Å². The number of carbonyl (C=O) groups is 5. The first-order valence-corrected chi connectivity index (χ1v) is 29.1. The molecule has 0 aromatic carbocycles. The highest BCUT2D eigenvalue weighted by molar-refractivity contribution is 5.73. The van der Waals surface area contributed by atoms with Crippen LogP contribution in [-0.4, -0.2) is 79.9 Å². The van der Waals surface area contributed by atoms with Crippen LogP contribution in [0.5, 0.6) is 0 Å². The maximum absolute atomic E-state index is 14.1. The Hall–Kier alpha value is -2.73. The van der Waals surface area contributed by atoms with Gasteiger partial charge in [-0.05, 0) is 96.3 Å². The molecule has 12 heteroatoms. The van der Waals surface area contributed by atoms with E-state index in [4.69, 9.17) is 28.4 Å². The van der Waals surface area contributed by atoms with Gasteiger partial charge in [0.25, 0.3) is 0 Å². The van der Waals surface area contributed by atoms with E-state index < -0.39 is 30.7 Å². The molecule has 1 aliphatic rings. The van der Waals surface area contributed by atoms with Gasteiger partial charge < -0.3 is 33.5 Å². The third-order valence-corrected chi connectivity index (χ3v) is 14.3. The van der Waals surface area contributed by atoms with E-state index in [-0.39, 0.29) is 41.7 Å². The van der Waals surface area contributed by atoms with Crippen molar-refractivity contribution in [2.24, 2.45) is 11.8 Å². The molecule has 0 heterocycles. The summed E-state index contributed by atoms with van der Waals surface area (Å²) in [5, 5.41) is 11.8. The van der Waals surface area contributed by atoms with Crippen molar-refractivity contribution >= 4 is 29.8 Å². The summed E-state index contributed by atoms with van der Waals surface area (Å²) in [5.74, 6) is -1.57. The van der Waals surface area contributed by atoms with E-state index in [1.165, 1.54) is 52.7 Å². The van der Waals surface area contributed by atoms with Crippen LogP contribution in [0.1, 0.15) is 285 Å². The number of unbranched alkanes of at least 4 members (excludes halogenated alkanes) is 22. The summed E-state index contributed by atoms with van der Waals surface area (Å²) in [4.78, 5) is 63.8. The number of aliphatic hydroxyl groups is 1. The lowest BCUT2D eigenvalue weighted by Crippen LogP contribution is -2.41. The Morgan fingerprint density at radius 1 is 0.386 bits per heavy atom. The Bertz CT molecular complexity index is 1300. The molecule has 1 rings (SSSR count). The molecule has 1 saturated carbocycles. The van der Waals surface area contributed by atoms with Crippen molar-refractivity contribution in [3.63, 3.8) is 0 Å². The summed E-state index contributed by atoms with van der Waals surface area (Å²) in [6, 6.07) is 0. The molecular weight excluding hydrogens is 889 g/mol. The van der Waals surface area contributed by atoms with E-state index in [9.17, 15) is 29.1 Å². The lowest BCUT2D eigenvalue weighted by Gasteiger charge is -2.35. The monoisotopic (exact) mass is 995 g/mol. The van der Waals surface area contributed by atoms with Crippen LogP contribution in [-0.2, 0) is 52.4 Å². The fourth-order valence-electron chi connectivity index (χ4n) is 9.72. The van der Waals surface area contributed by atoms with Gasteiger partial charge >= 0.3 is 29.8 Å². The number of ether oxygens (including phenoxy) is 6. The Morgan fingerprint density at radius 3 is 1.09 bits per heavy atom. The largest absolute Gasteiger partial charge is 0.469 e. The van der Waals surface area contributed by atoms with Crippen molar-refractivity contribution in [3.05, 3.63) is 0 Å². The molecule has 0 aromatic heterocycles. The predicted molar refractivity (Wildman–Crippen MR) is 279 cm³/mol. The van der Waals surface area contributed by atoms with Gasteiger partial charge in [0.15, 0.2) is 6.29 Å². The zero-order valence-electron chi connectivity index (χ0n) is 45.8. The van der Waals surface area contributed by atoms with Gasteiger partial charge in [-0.25, -0.2) is 0 Å². The molecule has 1 fully saturated rings. The van der Waals surface area contributed by atoms with Crippen molar-refractivity contribution in [2.45, 2.75) is 315 Å². The minimum Gasteiger partial charge on any atom is -0.469 e. The Labute approximate surface area is 427 Å². The molecular formula is C58H106O12. The number of esters is 5. The van der Waals surface area contributed by atoms with Crippen LogP contribution in [0.3, 0.4) is 0 Å². The smallest absolute Gasteiger partial charge is 0.309 e. The second-order valence-corrected chi connectivity index (χ2v) is 20.5. The predicted octanol–water partition coefficient (Wildman–Crippen LogP) is 14.7. The first kappa shape index (κ1) is 65.3. The lowest BCUT2D eigenvalue weighted by atomic mass is 9.81. The van der Waals surface area contributed by atoms with Crippen LogP contribution in [0.2, 0.25) is 0 Å². The van der Waals surface area contributed by atoms with Gasteiger partial charge in [0.05, 0.1) is 26.2 Å². The minimum atomic E-state index is -1.06. The summed E-state index contributed by atoms with van der Waals surface area (Å²) in [7, 11) is 2.83. The van der Waals surface area contributed by atoms with E-state index in [0.29, 0.717) is 77.0 Å². The Morgan fingerprint density at radius 2 is 0.686 bits per heavy atom. The van der Waals surface area contributed by atoms with Crippen molar-refractivity contribution in [3.8, 4) is 0 Å². The van der Waals surface area contributed by atoms with Crippen molar-refractivity contribution in [1.29, 1.82) is 0 Å². The minimum absolute atomic E-state index is 0.178. The molecule has 0 radical (unpaired) electrons. The van der Waals surface area contributed by atoms with E-state index in [0.717, 1.165) is 141 Å². The average Bonchev–Trinajstić information content (AvgIpc) is 3.36. The molecule has 0 amide bonds. The molecule has 5 unspecified atom stereocenters. The van der Waals surface area contributed by atoms with Gasteiger partial charge in [0, 0.05) is 31.6 Å². The van der Waals surface area contributed by atoms with Crippen LogP contribution in [0.4, 0.5) is 0 Å². The maximum atomic E-state index is 14.1. The van der Waals surface area contributed by atoms with Gasteiger partial charge in [-0.1, -0.05) is 163 Å². The third kappa shape index (κ3) is 33.8. The van der Waals surface area contributed by atoms with Crippen LogP contribution in [0.25, 0.3) is 0 Å². The molecule has 0 aromatic rings. The van der Waals surface area contributed by atoms with Gasteiger partial charge in [-0.2, -0.15) is 0 Å². The number of methoxy groups -OCH3 is 2. The molecule has 5 atom stereocenters. The number of hydrogen-bond acceptors (Lipinski definition) is 12. The number of carbonyl (C=O) groups excluding carboxylic acids is 5. The summed E-state index contributed by atoms with van der Waals surface area (Å²) < 4.78 is 35.1. The summed E-state index contributed by atoms with van der Waals surface area (Å²) >= 11 is 0. The van der Waals surface area contributed by atoms with Gasteiger partial charge in [-0.15, -0.1) is 0 Å². The molecule has 1 aliphatic carbocycles. The number of aliphatic hydroxyl groups excluding tert-OH is 1. The molecule has 70 heavy (non-hydrogen) atoms. The summed E-state index contributed by atoms with van der Waals surface area (Å²) in [6.45, 7) is 8.64. The second-order valence-electron chi connectivity index (χ2n) is 20.5. The summed E-state index contributed by atoms with van der Waals surface area (Å²) in [5.41, 5.74) is 0. The van der Waals surface area contributed by atoms with Crippen LogP contribution in [0.15, 0.2) is 0 Å². The van der Waals surface area contributed by atoms with Crippen LogP contribution < -0.4 is 0 Å². The van der Waals surface area contributed by atoms with Crippen molar-refractivity contribution in [1.82, 2.24) is 0 Å². The van der Waals surface area contributed by atoms with Crippen molar-refractivity contribution in [2.75, 3.05) is 14.2 Å². The zero-order chi connectivity index (χ0) is 51.5. The fraction of sp³-hybridized carbons (Fsp3) is 0.914. The second kappa shape index (κ2) is 44.9. The lowest BCUT2D eigenvalue weighted by molar-refractivity contribution is -0.207. The molecule has 410 valence electrons. The normalized spacial score (nSPS) is 17.0. The third-order valence-electron chi connectivity index (χ3n) is 14.3. The highest BCUT2D eigenvalue weighted by Gasteiger charge is 2.37. The first-order chi connectivity index (χ1) is 34.0. The standard InChI is InChI=1S/C58H106O12/c1-7-11-15-17-21-29-35-49(67-55(61)41-27-13-9-3)52(38-32-24-20-26-34-40-54(60)66-6)70-58(64)48-45-43-47(44-46-48)57(63)69-51(37-31-22-18-16-12-8-2)50(68-56(62)42-28-14-10-4)36-30-23-19-25-33-39-53(59)65-5/h47-52,58,64H,7-46H2,1-6H3. The van der Waals surface area contributed by atoms with Crippen LogP contribution in [0, 0.1) is 11.8 Å². The average molecular weight is 995 g/mol. The number of hydrogen-bond donors (Lipinski definition) is 1. The Kier molecular flexibility index (Phi) is 41.9. The van der Waals surface area contributed by atoms with Gasteiger partial charge in [-0.3, -0.25) is 24.0 Å². The van der Waals surface area contributed by atoms with E-state index >= 15 is 0 Å². The van der Waals surface area contributed by atoms with E-state index in [1.54, 1.807) is 0 Å². The molecule has 0 spiro atoms. The highest BCUT2D eigenvalue weighted by Crippen LogP contribution is 2.35. The maximum Gasteiger partial charge on any atom is 0.309 e. The molecule has 1 N–H and O–H groups in total. The van der Waals surface area contributed by atoms with Gasteiger partial charge in [0.2, 0.25) is 0 Å². The summed E-state index contributed by atoms with van der Waals surface area (Å²) in [6.07, 6.45) is 31.1. The van der Waals surface area contributed by atoms with E-state index in [1.807, 2.05) is 0 Å². The van der Waals surface area contributed by atoms with E-state index in [2.05, 4.69) is 27.7 Å². The highest BCUT2D eigenvalue weighted by atomic mass is 16.6. The van der Waals surface area contributed by atoms with Crippen LogP contribution >= 0.6 is 0 Å². The molecule has 0 saturated heterocycles. The molecule has 12 nitrogen and oxygen atoms in total. The molecule has 0 bridgehead atoms. The van der Waals surface area contributed by atoms with Gasteiger partial charge in [0.1, 0.15) is 18.3 Å². The molecule has 0 aliphatic heterocycles. The Balaban J connectivity index is 3.15. The quantitative estimate of drug-likeness (QED) is 0.0266. The fourth-order valence-corrected chi connectivity index (χ4v) is 9.72. The SMILES string of the molecule is CCCCCCCCC(OC(=O)CCCCC)C(CCCCCCCC(=O)OC)OC(O)C1CCC(C(=O)OC(CCCCCCCC)C(CCCCCCCC(=O)OC)OC(=O)CCCCC)CC1. The number of rotatable bonds is 47. The van der Waals surface area contributed by atoms with Crippen molar-refractivity contribution < 1.29 is 57.5 Å². The zero-order valence-corrected chi connectivity index (χ0v) is 45.8.